The predicted octanol–water partition coefficient (Wildman–Crippen LogP) is 2.00. The zero-order chi connectivity index (χ0) is 28.9. The van der Waals surface area contributed by atoms with Crippen LogP contribution in [0.15, 0.2) is 54.7 Å². The Labute approximate surface area is 233 Å². The van der Waals surface area contributed by atoms with E-state index in [0.717, 1.165) is 18.4 Å². The second-order valence-electron chi connectivity index (χ2n) is 10.8. The molecule has 1 saturated carbocycles. The molecular weight excluding hydrogens is 515 g/mol. The lowest BCUT2D eigenvalue weighted by molar-refractivity contribution is -0.146. The van der Waals surface area contributed by atoms with Gasteiger partial charge in [-0.15, -0.1) is 0 Å². The Kier molecular flexibility index (Phi) is 9.21. The molecule has 4 rings (SSSR count). The zero-order valence-corrected chi connectivity index (χ0v) is 23.0. The summed E-state index contributed by atoms with van der Waals surface area (Å²) < 4.78 is 19.8. The van der Waals surface area contributed by atoms with E-state index in [1.807, 2.05) is 37.3 Å². The lowest BCUT2D eigenvalue weighted by Gasteiger charge is -2.35. The number of aliphatic hydroxyl groups excluding tert-OH is 1. The Morgan fingerprint density at radius 1 is 1.12 bits per heavy atom. The van der Waals surface area contributed by atoms with Gasteiger partial charge in [0.15, 0.2) is 0 Å². The molecule has 0 aromatic heterocycles. The molecule has 0 saturated heterocycles. The van der Waals surface area contributed by atoms with Gasteiger partial charge in [0.1, 0.15) is 30.3 Å². The van der Waals surface area contributed by atoms with Crippen molar-refractivity contribution in [1.29, 1.82) is 0 Å². The standard InChI is InChI=1S/C30H37FN4O5/c1-19(36)25-28(38)34-23(17-20-7-5-4-6-8-20)27(37)33-14-11-21-9-10-22(31)18-24(21)40-16-15-32-26(29(39)35(25)3)30(2)12-13-30/h4-11,14,18-19,23,25-26,32,36H,12-13,15-17H2,1-3H3,(H,33,37)(H,34,38). The lowest BCUT2D eigenvalue weighted by atomic mass is 9.96. The van der Waals surface area contributed by atoms with Gasteiger partial charge < -0.3 is 30.7 Å². The first kappa shape index (κ1) is 29.2. The number of hydrogen-bond donors (Lipinski definition) is 4. The Balaban J connectivity index is 1.68. The number of aliphatic hydroxyl groups is 1. The maximum Gasteiger partial charge on any atom is 0.246 e. The zero-order valence-electron chi connectivity index (χ0n) is 23.0. The van der Waals surface area contributed by atoms with Crippen molar-refractivity contribution >= 4 is 23.8 Å². The average molecular weight is 553 g/mol. The first-order chi connectivity index (χ1) is 19.1. The molecule has 4 atom stereocenters. The SMILES string of the molecule is CC(O)C1C(=O)NC(Cc2ccccc2)C(=O)NC=Cc2ccc(F)cc2OCCNC(C2(C)CC2)C(=O)N1C. The van der Waals surface area contributed by atoms with Gasteiger partial charge in [0.25, 0.3) is 0 Å². The highest BCUT2D eigenvalue weighted by Gasteiger charge is 2.50. The molecule has 4 N–H and O–H groups in total. The van der Waals surface area contributed by atoms with Crippen LogP contribution in [0.5, 0.6) is 5.75 Å². The first-order valence-corrected chi connectivity index (χ1v) is 13.5. The number of benzene rings is 2. The molecule has 1 heterocycles. The van der Waals surface area contributed by atoms with E-state index in [9.17, 15) is 23.9 Å². The molecule has 3 amide bonds. The summed E-state index contributed by atoms with van der Waals surface area (Å²) >= 11 is 0. The number of carbonyl (C=O) groups is 3. The van der Waals surface area contributed by atoms with Crippen molar-refractivity contribution in [2.75, 3.05) is 20.2 Å². The van der Waals surface area contributed by atoms with Crippen LogP contribution in [0.2, 0.25) is 0 Å². The van der Waals surface area contributed by atoms with Crippen molar-refractivity contribution in [3.05, 3.63) is 71.7 Å². The van der Waals surface area contributed by atoms with E-state index in [1.54, 1.807) is 6.08 Å². The van der Waals surface area contributed by atoms with Gasteiger partial charge in [0.2, 0.25) is 17.7 Å². The monoisotopic (exact) mass is 552 g/mol. The lowest BCUT2D eigenvalue weighted by Crippen LogP contribution is -2.61. The second-order valence-corrected chi connectivity index (χ2v) is 10.8. The number of amides is 3. The van der Waals surface area contributed by atoms with Gasteiger partial charge in [-0.1, -0.05) is 37.3 Å². The van der Waals surface area contributed by atoms with Crippen LogP contribution in [-0.4, -0.2) is 72.2 Å². The number of nitrogens with one attached hydrogen (secondary N) is 3. The van der Waals surface area contributed by atoms with Gasteiger partial charge in [-0.2, -0.15) is 0 Å². The van der Waals surface area contributed by atoms with Crippen LogP contribution >= 0.6 is 0 Å². The van der Waals surface area contributed by atoms with Crippen LogP contribution in [0, 0.1) is 11.2 Å². The predicted molar refractivity (Wildman–Crippen MR) is 149 cm³/mol. The number of rotatable bonds is 4. The van der Waals surface area contributed by atoms with Crippen molar-refractivity contribution in [3.8, 4) is 5.75 Å². The number of halogens is 1. The molecule has 0 spiro atoms. The molecule has 2 aliphatic rings. The maximum atomic E-state index is 14.0. The number of likely N-dealkylation sites (N-methyl/N-ethyl adjacent to an activating group) is 1. The summed E-state index contributed by atoms with van der Waals surface area (Å²) in [6.45, 7) is 3.88. The minimum atomic E-state index is -1.22. The molecule has 2 aromatic rings. The summed E-state index contributed by atoms with van der Waals surface area (Å²) in [4.78, 5) is 41.8. The van der Waals surface area contributed by atoms with Crippen molar-refractivity contribution in [3.63, 3.8) is 0 Å². The molecule has 1 aliphatic carbocycles. The summed E-state index contributed by atoms with van der Waals surface area (Å²) in [5.41, 5.74) is 1.05. The third kappa shape index (κ3) is 7.05. The minimum Gasteiger partial charge on any atom is -0.492 e. The Morgan fingerprint density at radius 2 is 1.85 bits per heavy atom. The smallest absolute Gasteiger partial charge is 0.246 e. The molecule has 214 valence electrons. The minimum absolute atomic E-state index is 0.152. The highest BCUT2D eigenvalue weighted by molar-refractivity contribution is 5.94. The molecule has 0 bridgehead atoms. The van der Waals surface area contributed by atoms with E-state index in [0.29, 0.717) is 12.1 Å². The summed E-state index contributed by atoms with van der Waals surface area (Å²) in [5, 5.41) is 19.3. The molecule has 1 fully saturated rings. The van der Waals surface area contributed by atoms with Crippen LogP contribution in [0.1, 0.15) is 37.8 Å². The van der Waals surface area contributed by atoms with Crippen LogP contribution in [0.3, 0.4) is 0 Å². The van der Waals surface area contributed by atoms with Crippen molar-refractivity contribution in [2.45, 2.75) is 57.3 Å². The molecule has 9 nitrogen and oxygen atoms in total. The Bertz CT molecular complexity index is 1250. The number of ether oxygens (including phenoxy) is 1. The fourth-order valence-electron chi connectivity index (χ4n) is 4.94. The van der Waals surface area contributed by atoms with Crippen molar-refractivity contribution in [1.82, 2.24) is 20.9 Å². The van der Waals surface area contributed by atoms with E-state index in [-0.39, 0.29) is 30.1 Å². The Hall–Kier alpha value is -3.76. The number of fused-ring (bicyclic) bond motifs is 1. The number of nitrogens with zero attached hydrogens (tertiary/aromatic N) is 1. The second kappa shape index (κ2) is 12.6. The topological polar surface area (TPSA) is 120 Å². The van der Waals surface area contributed by atoms with Gasteiger partial charge >= 0.3 is 0 Å². The molecule has 40 heavy (non-hydrogen) atoms. The summed E-state index contributed by atoms with van der Waals surface area (Å²) in [6, 6.07) is 10.5. The molecule has 1 aliphatic heterocycles. The van der Waals surface area contributed by atoms with E-state index >= 15 is 0 Å². The van der Waals surface area contributed by atoms with E-state index < -0.39 is 41.9 Å². The number of hydrogen-bond acceptors (Lipinski definition) is 6. The summed E-state index contributed by atoms with van der Waals surface area (Å²) in [7, 11) is 1.48. The van der Waals surface area contributed by atoms with E-state index in [2.05, 4.69) is 16.0 Å². The van der Waals surface area contributed by atoms with Gasteiger partial charge in [0, 0.05) is 37.8 Å². The van der Waals surface area contributed by atoms with Crippen LogP contribution in [0.25, 0.3) is 6.08 Å². The molecule has 4 unspecified atom stereocenters. The maximum absolute atomic E-state index is 14.0. The fraction of sp³-hybridized carbons (Fsp3) is 0.433. The van der Waals surface area contributed by atoms with E-state index in [1.165, 1.54) is 43.3 Å². The van der Waals surface area contributed by atoms with E-state index in [4.69, 9.17) is 4.74 Å². The third-order valence-electron chi connectivity index (χ3n) is 7.56. The fourth-order valence-corrected chi connectivity index (χ4v) is 4.94. The normalized spacial score (nSPS) is 24.7. The van der Waals surface area contributed by atoms with Crippen molar-refractivity contribution in [2.24, 2.45) is 5.41 Å². The largest absolute Gasteiger partial charge is 0.492 e. The van der Waals surface area contributed by atoms with Crippen molar-refractivity contribution < 1.29 is 28.6 Å². The van der Waals surface area contributed by atoms with Crippen LogP contribution in [-0.2, 0) is 20.8 Å². The highest BCUT2D eigenvalue weighted by Crippen LogP contribution is 2.48. The molecule has 0 radical (unpaired) electrons. The summed E-state index contributed by atoms with van der Waals surface area (Å²) in [5.74, 6) is -1.66. The van der Waals surface area contributed by atoms with Crippen LogP contribution in [0.4, 0.5) is 4.39 Å². The number of carbonyl (C=O) groups excluding carboxylic acids is 3. The highest BCUT2D eigenvalue weighted by atomic mass is 19.1. The average Bonchev–Trinajstić information content (AvgIpc) is 3.66. The van der Waals surface area contributed by atoms with Gasteiger partial charge in [-0.3, -0.25) is 14.4 Å². The molecule has 2 aromatic carbocycles. The molecular formula is C30H37FN4O5. The van der Waals surface area contributed by atoms with Gasteiger partial charge in [0.05, 0.1) is 12.1 Å². The third-order valence-corrected chi connectivity index (χ3v) is 7.56. The first-order valence-electron chi connectivity index (χ1n) is 13.5. The quantitative estimate of drug-likeness (QED) is 0.461. The van der Waals surface area contributed by atoms with Gasteiger partial charge in [-0.25, -0.2) is 4.39 Å². The Morgan fingerprint density at radius 3 is 2.52 bits per heavy atom. The van der Waals surface area contributed by atoms with Gasteiger partial charge in [-0.05, 0) is 49.0 Å². The van der Waals surface area contributed by atoms with Crippen LogP contribution < -0.4 is 20.7 Å². The molecule has 10 heteroatoms. The summed E-state index contributed by atoms with van der Waals surface area (Å²) in [6.07, 6.45) is 3.64.